The Morgan fingerprint density at radius 1 is 0.750 bits per heavy atom. The van der Waals surface area contributed by atoms with E-state index in [0.717, 1.165) is 31.3 Å². The first kappa shape index (κ1) is 16.9. The van der Waals surface area contributed by atoms with E-state index in [1.165, 1.54) is 0 Å². The van der Waals surface area contributed by atoms with Gasteiger partial charge in [-0.1, -0.05) is 15.2 Å². The van der Waals surface area contributed by atoms with Crippen LogP contribution >= 0.6 is 15.2 Å². The number of hydrogen-bond donors (Lipinski definition) is 0. The first-order valence-corrected chi connectivity index (χ1v) is 10.7. The van der Waals surface area contributed by atoms with E-state index in [2.05, 4.69) is 24.3 Å². The molecular formula is C14H18N4P2. The summed E-state index contributed by atoms with van der Waals surface area (Å²) < 4.78 is 0. The van der Waals surface area contributed by atoms with Crippen molar-refractivity contribution < 1.29 is 0 Å². The summed E-state index contributed by atoms with van der Waals surface area (Å²) in [6.07, 6.45) is 6.99. The molecular weight excluding hydrogens is 286 g/mol. The van der Waals surface area contributed by atoms with Crippen molar-refractivity contribution >= 4 is 15.2 Å². The molecule has 6 heteroatoms. The molecule has 0 amide bonds. The highest BCUT2D eigenvalue weighted by atomic mass is 32.1. The van der Waals surface area contributed by atoms with Crippen LogP contribution in [-0.4, -0.2) is 23.6 Å². The van der Waals surface area contributed by atoms with Crippen LogP contribution in [0, 0.1) is 45.3 Å². The molecule has 104 valence electrons. The maximum Gasteiger partial charge on any atom is 0.0625 e. The molecule has 0 aliphatic carbocycles. The van der Waals surface area contributed by atoms with Gasteiger partial charge < -0.3 is 0 Å². The molecule has 1 rings (SSSR count). The van der Waals surface area contributed by atoms with Crippen LogP contribution in [0.5, 0.6) is 0 Å². The van der Waals surface area contributed by atoms with Gasteiger partial charge in [0.25, 0.3) is 0 Å². The lowest BCUT2D eigenvalue weighted by Gasteiger charge is -2.56. The summed E-state index contributed by atoms with van der Waals surface area (Å²) in [5, 5.41) is 35.4. The Hall–Kier alpha value is -1.18. The van der Waals surface area contributed by atoms with E-state index in [1.54, 1.807) is 0 Å². The van der Waals surface area contributed by atoms with Crippen molar-refractivity contribution in [3.05, 3.63) is 0 Å². The Kier molecular flexibility index (Phi) is 7.50. The average Bonchev–Trinajstić information content (AvgIpc) is 2.45. The van der Waals surface area contributed by atoms with Gasteiger partial charge in [-0.25, -0.2) is 0 Å². The lowest BCUT2D eigenvalue weighted by Crippen LogP contribution is -2.39. The van der Waals surface area contributed by atoms with Crippen LogP contribution in [0.25, 0.3) is 0 Å². The third-order valence-electron chi connectivity index (χ3n) is 3.69. The minimum absolute atomic E-state index is 0.127. The quantitative estimate of drug-likeness (QED) is 0.632. The summed E-state index contributed by atoms with van der Waals surface area (Å²) in [4.78, 5) is 0. The first-order valence-electron chi connectivity index (χ1n) is 6.74. The highest BCUT2D eigenvalue weighted by molar-refractivity contribution is 8.33. The van der Waals surface area contributed by atoms with Crippen molar-refractivity contribution in [2.45, 2.75) is 43.7 Å². The fraction of sp³-hybridized carbons (Fsp3) is 0.714. The van der Waals surface area contributed by atoms with Crippen LogP contribution in [0.2, 0.25) is 0 Å². The molecule has 1 aliphatic heterocycles. The molecule has 20 heavy (non-hydrogen) atoms. The van der Waals surface area contributed by atoms with Gasteiger partial charge in [-0.15, -0.1) is 0 Å². The average molecular weight is 304 g/mol. The monoisotopic (exact) mass is 304 g/mol. The largest absolute Gasteiger partial charge is 0.198 e. The van der Waals surface area contributed by atoms with Gasteiger partial charge in [0.05, 0.1) is 24.3 Å². The van der Waals surface area contributed by atoms with E-state index in [4.69, 9.17) is 21.0 Å². The summed E-state index contributed by atoms with van der Waals surface area (Å²) in [5.41, 5.74) is 0. The third-order valence-corrected chi connectivity index (χ3v) is 13.6. The molecule has 0 radical (unpaired) electrons. The van der Waals surface area contributed by atoms with Gasteiger partial charge in [-0.3, -0.25) is 0 Å². The molecule has 0 aromatic carbocycles. The molecule has 1 saturated heterocycles. The highest BCUT2D eigenvalue weighted by Crippen LogP contribution is 2.88. The summed E-state index contributed by atoms with van der Waals surface area (Å²) in [6, 6.07) is 8.88. The second-order valence-electron chi connectivity index (χ2n) is 4.87. The Bertz CT molecular complexity index is 459. The molecule has 2 atom stereocenters. The van der Waals surface area contributed by atoms with Crippen LogP contribution in [0.3, 0.4) is 0 Å². The fourth-order valence-corrected chi connectivity index (χ4v) is 13.3. The van der Waals surface area contributed by atoms with E-state index >= 15 is 0 Å². The van der Waals surface area contributed by atoms with Crippen molar-refractivity contribution in [2.24, 2.45) is 0 Å². The van der Waals surface area contributed by atoms with Gasteiger partial charge in [0.1, 0.15) is 0 Å². The normalized spacial score (nSPS) is 22.6. The minimum atomic E-state index is -0.261. The zero-order chi connectivity index (χ0) is 14.8. The van der Waals surface area contributed by atoms with Gasteiger partial charge in [0, 0.05) is 30.8 Å². The van der Waals surface area contributed by atoms with Crippen molar-refractivity contribution in [3.63, 3.8) is 0 Å². The predicted octanol–water partition coefficient (Wildman–Crippen LogP) is 4.05. The lowest BCUT2D eigenvalue weighted by atomic mass is 9.99. The zero-order valence-electron chi connectivity index (χ0n) is 11.5. The molecule has 0 N–H and O–H groups in total. The van der Waals surface area contributed by atoms with Crippen molar-refractivity contribution in [1.82, 2.24) is 0 Å². The Morgan fingerprint density at radius 3 is 1.75 bits per heavy atom. The number of nitriles is 4. The Labute approximate surface area is 123 Å². The van der Waals surface area contributed by atoms with E-state index in [-0.39, 0.29) is 20.4 Å². The fourth-order valence-electron chi connectivity index (χ4n) is 2.76. The van der Waals surface area contributed by atoms with E-state index in [9.17, 15) is 0 Å². The van der Waals surface area contributed by atoms with Crippen LogP contribution in [0.15, 0.2) is 0 Å². The summed E-state index contributed by atoms with van der Waals surface area (Å²) in [6.45, 7) is 0. The second kappa shape index (κ2) is 8.89. The van der Waals surface area contributed by atoms with Gasteiger partial charge in [0.15, 0.2) is 0 Å². The van der Waals surface area contributed by atoms with E-state index in [1.807, 2.05) is 0 Å². The minimum Gasteiger partial charge on any atom is -0.198 e. The molecule has 2 unspecified atom stereocenters. The van der Waals surface area contributed by atoms with Crippen LogP contribution < -0.4 is 0 Å². The molecule has 0 spiro atoms. The van der Waals surface area contributed by atoms with Crippen molar-refractivity contribution in [3.8, 4) is 24.3 Å². The van der Waals surface area contributed by atoms with Crippen molar-refractivity contribution in [1.29, 1.82) is 21.0 Å². The molecule has 1 heterocycles. The molecule has 4 nitrogen and oxygen atoms in total. The smallest absolute Gasteiger partial charge is 0.0625 e. The summed E-state index contributed by atoms with van der Waals surface area (Å²) >= 11 is 0. The highest BCUT2D eigenvalue weighted by Gasteiger charge is 2.51. The topological polar surface area (TPSA) is 95.2 Å². The molecule has 0 aromatic rings. The van der Waals surface area contributed by atoms with Crippen LogP contribution in [-0.2, 0) is 0 Å². The number of hydrogen-bond acceptors (Lipinski definition) is 4. The van der Waals surface area contributed by atoms with Gasteiger partial charge in [-0.05, 0) is 31.3 Å². The molecule has 0 aromatic heterocycles. The second-order valence-corrected chi connectivity index (χ2v) is 12.0. The Balaban J connectivity index is 2.75. The lowest BCUT2D eigenvalue weighted by molar-refractivity contribution is 0.545. The Morgan fingerprint density at radius 2 is 1.25 bits per heavy atom. The van der Waals surface area contributed by atoms with Gasteiger partial charge in [0.2, 0.25) is 0 Å². The molecule has 0 bridgehead atoms. The zero-order valence-corrected chi connectivity index (χ0v) is 13.3. The van der Waals surface area contributed by atoms with Gasteiger partial charge >= 0.3 is 0 Å². The molecule has 0 saturated carbocycles. The van der Waals surface area contributed by atoms with Crippen LogP contribution in [0.4, 0.5) is 0 Å². The van der Waals surface area contributed by atoms with E-state index < -0.39 is 0 Å². The molecule has 1 fully saturated rings. The molecule has 1 aliphatic rings. The summed E-state index contributed by atoms with van der Waals surface area (Å²) in [7, 11) is -0.388. The van der Waals surface area contributed by atoms with Crippen LogP contribution in [0.1, 0.15) is 38.5 Å². The van der Waals surface area contributed by atoms with Crippen molar-refractivity contribution in [2.75, 3.05) is 18.5 Å². The number of nitrogens with zero attached hydrogens (tertiary/aromatic N) is 4. The maximum atomic E-state index is 8.85. The predicted molar refractivity (Wildman–Crippen MR) is 81.3 cm³/mol. The third kappa shape index (κ3) is 4.16. The standard InChI is InChI=1S/C14H18N4P2/c15-7-1-5-14(6-2-8-16)13-19(11-3-9-17)20(14)12-4-10-18/h1-6,11-13H2. The van der Waals surface area contributed by atoms with E-state index in [0.29, 0.717) is 25.7 Å². The first-order chi connectivity index (χ1) is 9.74. The maximum absolute atomic E-state index is 8.85. The number of rotatable bonds is 8. The SMILES string of the molecule is N#CCCP1CC(CCC#N)(CCC#N)P1CCC#N. The summed E-state index contributed by atoms with van der Waals surface area (Å²) in [5.74, 6) is 0. The van der Waals surface area contributed by atoms with Gasteiger partial charge in [-0.2, -0.15) is 21.0 Å².